The SMILES string of the molecule is COCOC(CCCCCC(Cl)(Cl)C(=O)[O-])CCCCc1ccc(Cl)cc1. The molecule has 0 saturated heterocycles. The van der Waals surface area contributed by atoms with Gasteiger partial charge in [-0.2, -0.15) is 0 Å². The number of carbonyl (C=O) groups is 1. The van der Waals surface area contributed by atoms with Crippen LogP contribution in [0.15, 0.2) is 24.3 Å². The standard InChI is InChI=1S/C20H29Cl3O4/c1-26-15-27-18(8-3-2-6-14-20(22,23)19(24)25)9-5-4-7-16-10-12-17(21)13-11-16/h10-13,18H,2-9,14-15H2,1H3,(H,24,25)/p-1. The maximum atomic E-state index is 10.8. The Labute approximate surface area is 177 Å². The third-order valence-electron chi connectivity index (χ3n) is 4.39. The lowest BCUT2D eigenvalue weighted by atomic mass is 10.0. The number of carboxylic acids is 1. The van der Waals surface area contributed by atoms with E-state index in [2.05, 4.69) is 12.1 Å². The summed E-state index contributed by atoms with van der Waals surface area (Å²) in [7, 11) is 1.61. The fraction of sp³-hybridized carbons (Fsp3) is 0.650. The topological polar surface area (TPSA) is 58.6 Å². The Morgan fingerprint density at radius 1 is 1.07 bits per heavy atom. The monoisotopic (exact) mass is 437 g/mol. The maximum Gasteiger partial charge on any atom is 0.157 e. The lowest BCUT2D eigenvalue weighted by molar-refractivity contribution is -0.306. The summed E-state index contributed by atoms with van der Waals surface area (Å²) in [5, 5.41) is 11.5. The number of aliphatic carboxylic acids is 1. The first kappa shape index (κ1) is 24.5. The normalized spacial score (nSPS) is 12.9. The summed E-state index contributed by atoms with van der Waals surface area (Å²) in [6, 6.07) is 7.94. The third kappa shape index (κ3) is 11.2. The van der Waals surface area contributed by atoms with Crippen LogP contribution in [-0.4, -0.2) is 30.3 Å². The highest BCUT2D eigenvalue weighted by atomic mass is 35.5. The lowest BCUT2D eigenvalue weighted by Gasteiger charge is -2.21. The second-order valence-electron chi connectivity index (χ2n) is 6.66. The number of aryl methyl sites for hydroxylation is 1. The Bertz CT molecular complexity index is 535. The molecule has 27 heavy (non-hydrogen) atoms. The van der Waals surface area contributed by atoms with Gasteiger partial charge in [-0.05, 0) is 49.8 Å². The molecule has 0 N–H and O–H groups in total. The minimum absolute atomic E-state index is 0.132. The molecule has 0 saturated carbocycles. The van der Waals surface area contributed by atoms with Gasteiger partial charge in [0, 0.05) is 12.1 Å². The molecule has 0 aliphatic rings. The van der Waals surface area contributed by atoms with Gasteiger partial charge in [0.25, 0.3) is 0 Å². The molecular formula is C20H28Cl3O4-. The van der Waals surface area contributed by atoms with Crippen LogP contribution in [0, 0.1) is 0 Å². The minimum atomic E-state index is -1.80. The second-order valence-corrected chi connectivity index (χ2v) is 8.58. The van der Waals surface area contributed by atoms with E-state index in [0.717, 1.165) is 50.0 Å². The van der Waals surface area contributed by atoms with Crippen molar-refractivity contribution >= 4 is 40.8 Å². The van der Waals surface area contributed by atoms with E-state index in [9.17, 15) is 9.90 Å². The van der Waals surface area contributed by atoms with Crippen LogP contribution < -0.4 is 5.11 Å². The number of unbranched alkanes of at least 4 members (excludes halogenated alkanes) is 3. The van der Waals surface area contributed by atoms with Crippen LogP contribution in [0.3, 0.4) is 0 Å². The highest BCUT2D eigenvalue weighted by Crippen LogP contribution is 2.27. The minimum Gasteiger partial charge on any atom is -0.547 e. The second kappa shape index (κ2) is 13.6. The molecule has 4 nitrogen and oxygen atoms in total. The summed E-state index contributed by atoms with van der Waals surface area (Å²) < 4.78 is 8.97. The molecule has 0 aromatic heterocycles. The van der Waals surface area contributed by atoms with Gasteiger partial charge >= 0.3 is 0 Å². The zero-order chi connectivity index (χ0) is 20.1. The quantitative estimate of drug-likeness (QED) is 0.222. The zero-order valence-corrected chi connectivity index (χ0v) is 18.0. The highest BCUT2D eigenvalue weighted by Gasteiger charge is 2.24. The average Bonchev–Trinajstić information content (AvgIpc) is 2.63. The van der Waals surface area contributed by atoms with E-state index >= 15 is 0 Å². The molecule has 1 rings (SSSR count). The number of rotatable bonds is 15. The summed E-state index contributed by atoms with van der Waals surface area (Å²) >= 11 is 17.3. The van der Waals surface area contributed by atoms with Crippen molar-refractivity contribution in [2.45, 2.75) is 68.2 Å². The predicted molar refractivity (Wildman–Crippen MR) is 108 cm³/mol. The van der Waals surface area contributed by atoms with Crippen molar-refractivity contribution in [3.63, 3.8) is 0 Å². The first-order valence-corrected chi connectivity index (χ1v) is 10.4. The van der Waals surface area contributed by atoms with Gasteiger partial charge in [-0.15, -0.1) is 0 Å². The molecular weight excluding hydrogens is 411 g/mol. The summed E-state index contributed by atoms with van der Waals surface area (Å²) in [4.78, 5) is 10.8. The Hall–Kier alpha value is -0.520. The molecule has 0 amide bonds. The number of hydrogen-bond acceptors (Lipinski definition) is 4. The van der Waals surface area contributed by atoms with Crippen molar-refractivity contribution in [2.24, 2.45) is 0 Å². The summed E-state index contributed by atoms with van der Waals surface area (Å²) in [5.74, 6) is -1.44. The van der Waals surface area contributed by atoms with Gasteiger partial charge in [-0.1, -0.05) is 72.6 Å². The van der Waals surface area contributed by atoms with Gasteiger partial charge in [0.05, 0.1) is 12.1 Å². The van der Waals surface area contributed by atoms with Crippen molar-refractivity contribution in [1.82, 2.24) is 0 Å². The lowest BCUT2D eigenvalue weighted by Crippen LogP contribution is -2.39. The van der Waals surface area contributed by atoms with Crippen LogP contribution in [0.1, 0.15) is 56.9 Å². The van der Waals surface area contributed by atoms with E-state index < -0.39 is 10.3 Å². The third-order valence-corrected chi connectivity index (χ3v) is 5.33. The molecule has 0 aliphatic heterocycles. The van der Waals surface area contributed by atoms with E-state index in [1.165, 1.54) is 5.56 Å². The Morgan fingerprint density at radius 2 is 1.70 bits per heavy atom. The summed E-state index contributed by atoms with van der Waals surface area (Å²) in [6.45, 7) is 0.277. The summed E-state index contributed by atoms with van der Waals surface area (Å²) in [5.41, 5.74) is 1.28. The van der Waals surface area contributed by atoms with Crippen LogP contribution in [-0.2, 0) is 20.7 Å². The molecule has 1 unspecified atom stereocenters. The molecule has 0 radical (unpaired) electrons. The van der Waals surface area contributed by atoms with Gasteiger partial charge in [0.2, 0.25) is 0 Å². The van der Waals surface area contributed by atoms with Gasteiger partial charge in [0.15, 0.2) is 4.33 Å². The zero-order valence-electron chi connectivity index (χ0n) is 15.7. The van der Waals surface area contributed by atoms with Crippen LogP contribution >= 0.6 is 34.8 Å². The molecule has 0 fully saturated rings. The molecule has 1 atom stereocenters. The number of benzene rings is 1. The van der Waals surface area contributed by atoms with E-state index in [4.69, 9.17) is 44.3 Å². The molecule has 0 aliphatic carbocycles. The molecule has 1 aromatic carbocycles. The van der Waals surface area contributed by atoms with E-state index in [0.29, 0.717) is 6.42 Å². The predicted octanol–water partition coefficient (Wildman–Crippen LogP) is 4.92. The largest absolute Gasteiger partial charge is 0.547 e. The van der Waals surface area contributed by atoms with Crippen molar-refractivity contribution in [3.05, 3.63) is 34.9 Å². The van der Waals surface area contributed by atoms with Gasteiger partial charge in [-0.3, -0.25) is 0 Å². The molecule has 0 spiro atoms. The Balaban J connectivity index is 2.23. The highest BCUT2D eigenvalue weighted by molar-refractivity contribution is 6.57. The van der Waals surface area contributed by atoms with Crippen molar-refractivity contribution in [1.29, 1.82) is 0 Å². The number of carboxylic acid groups (broad SMARTS) is 1. The Kier molecular flexibility index (Phi) is 12.4. The fourth-order valence-corrected chi connectivity index (χ4v) is 3.22. The number of alkyl halides is 2. The van der Waals surface area contributed by atoms with Crippen LogP contribution in [0.5, 0.6) is 0 Å². The molecule has 0 heterocycles. The number of halogens is 3. The van der Waals surface area contributed by atoms with E-state index in [-0.39, 0.29) is 19.3 Å². The van der Waals surface area contributed by atoms with Crippen LogP contribution in [0.4, 0.5) is 0 Å². The van der Waals surface area contributed by atoms with Crippen LogP contribution in [0.2, 0.25) is 5.02 Å². The Morgan fingerprint density at radius 3 is 2.30 bits per heavy atom. The number of methoxy groups -OCH3 is 1. The number of ether oxygens (including phenoxy) is 2. The first-order valence-electron chi connectivity index (χ1n) is 9.29. The molecule has 0 bridgehead atoms. The van der Waals surface area contributed by atoms with Crippen molar-refractivity contribution in [2.75, 3.05) is 13.9 Å². The van der Waals surface area contributed by atoms with Crippen LogP contribution in [0.25, 0.3) is 0 Å². The molecule has 1 aromatic rings. The molecule has 154 valence electrons. The van der Waals surface area contributed by atoms with Crippen molar-refractivity contribution < 1.29 is 19.4 Å². The van der Waals surface area contributed by atoms with Crippen molar-refractivity contribution in [3.8, 4) is 0 Å². The smallest absolute Gasteiger partial charge is 0.157 e. The average molecular weight is 439 g/mol. The van der Waals surface area contributed by atoms with E-state index in [1.54, 1.807) is 7.11 Å². The van der Waals surface area contributed by atoms with E-state index in [1.807, 2.05) is 12.1 Å². The maximum absolute atomic E-state index is 10.8. The molecule has 7 heteroatoms. The number of carbonyl (C=O) groups excluding carboxylic acids is 1. The van der Waals surface area contributed by atoms with Gasteiger partial charge in [0.1, 0.15) is 6.79 Å². The fourth-order valence-electron chi connectivity index (χ4n) is 2.83. The number of hydrogen-bond donors (Lipinski definition) is 0. The first-order chi connectivity index (χ1) is 12.8. The van der Waals surface area contributed by atoms with Gasteiger partial charge < -0.3 is 19.4 Å². The van der Waals surface area contributed by atoms with Gasteiger partial charge in [-0.25, -0.2) is 0 Å². The summed E-state index contributed by atoms with van der Waals surface area (Å²) in [6.07, 6.45) is 7.73.